The van der Waals surface area contributed by atoms with Crippen LogP contribution in [-0.2, 0) is 4.79 Å². The van der Waals surface area contributed by atoms with Crippen LogP contribution >= 0.6 is 28.6 Å². The average molecular weight is 377 g/mol. The summed E-state index contributed by atoms with van der Waals surface area (Å²) in [6.07, 6.45) is 0. The van der Waals surface area contributed by atoms with E-state index in [1.807, 2.05) is 0 Å². The third-order valence-corrected chi connectivity index (χ3v) is 2.90. The Hall–Kier alpha value is -1.70. The topological polar surface area (TPSA) is 77.1 Å². The van der Waals surface area contributed by atoms with Crippen molar-refractivity contribution in [1.82, 2.24) is 4.68 Å². The number of hydrogen-bond donors (Lipinski definition) is 2. The number of hydrogen-bond acceptors (Lipinski definition) is 3. The predicted molar refractivity (Wildman–Crippen MR) is 83.0 cm³/mol. The molecule has 0 saturated heterocycles. The van der Waals surface area contributed by atoms with E-state index in [1.165, 1.54) is 30.3 Å². The van der Waals surface area contributed by atoms with Gasteiger partial charge in [-0.1, -0.05) is 23.7 Å². The summed E-state index contributed by atoms with van der Waals surface area (Å²) >= 11 is 5.88. The van der Waals surface area contributed by atoms with Crippen LogP contribution < -0.4 is 11.2 Å². The maximum absolute atomic E-state index is 13.6. The Labute approximate surface area is 135 Å². The highest BCUT2D eigenvalue weighted by atomic mass is 79.9. The number of nitrogens with zero attached hydrogens (tertiary/aromatic N) is 1. The average Bonchev–Trinajstić information content (AvgIpc) is 2.80. The van der Waals surface area contributed by atoms with E-state index in [9.17, 15) is 14.0 Å². The molecule has 0 atom stereocenters. The lowest BCUT2D eigenvalue weighted by Crippen LogP contribution is -2.31. The molecule has 1 heterocycles. The van der Waals surface area contributed by atoms with Gasteiger partial charge in [0, 0.05) is 0 Å². The van der Waals surface area contributed by atoms with Gasteiger partial charge >= 0.3 is 0 Å². The molecule has 0 aliphatic rings. The van der Waals surface area contributed by atoms with Crippen molar-refractivity contribution in [2.45, 2.75) is 0 Å². The minimum Gasteiger partial charge on any atom is -0.322 e. The van der Waals surface area contributed by atoms with Crippen LogP contribution in [0, 0.1) is 5.82 Å². The quantitative estimate of drug-likeness (QED) is 0.803. The number of aromatic nitrogens is 1. The van der Waals surface area contributed by atoms with Gasteiger partial charge in [0.2, 0.25) is 5.78 Å². The molecule has 112 valence electrons. The van der Waals surface area contributed by atoms with Gasteiger partial charge in [0.25, 0.3) is 5.91 Å². The smallest absolute Gasteiger partial charge is 0.252 e. The minimum absolute atomic E-state index is 0. The minimum atomic E-state index is -0.647. The lowest BCUT2D eigenvalue weighted by atomic mass is 10.1. The standard InChI is InChI=1S/C13H11ClFN3O2.BrH/c14-11-6-5-10(18(11)17-12(19)7-16)13(20)8-3-1-2-4-9(8)15;/h1-6H,7,16H2,(H,17,19);1H. The number of nitrogens with one attached hydrogen (secondary N) is 1. The number of carbonyl (C=O) groups is 2. The molecule has 3 N–H and O–H groups in total. The van der Waals surface area contributed by atoms with Crippen molar-refractivity contribution < 1.29 is 14.0 Å². The molecule has 0 saturated carbocycles. The lowest BCUT2D eigenvalue weighted by Gasteiger charge is -2.11. The second-order valence-corrected chi connectivity index (χ2v) is 4.31. The van der Waals surface area contributed by atoms with Crippen LogP contribution in [0.25, 0.3) is 0 Å². The molecule has 0 unspecified atom stereocenters. The van der Waals surface area contributed by atoms with Crippen molar-refractivity contribution in [3.63, 3.8) is 0 Å². The highest BCUT2D eigenvalue weighted by Gasteiger charge is 2.19. The highest BCUT2D eigenvalue weighted by molar-refractivity contribution is 8.93. The van der Waals surface area contributed by atoms with Gasteiger partial charge in [0.15, 0.2) is 0 Å². The Bertz CT molecular complexity index is 675. The van der Waals surface area contributed by atoms with E-state index in [0.717, 1.165) is 4.68 Å². The normalized spacial score (nSPS) is 9.86. The molecule has 5 nitrogen and oxygen atoms in total. The van der Waals surface area contributed by atoms with Crippen LogP contribution in [0.4, 0.5) is 4.39 Å². The van der Waals surface area contributed by atoms with Gasteiger partial charge in [0.1, 0.15) is 16.7 Å². The van der Waals surface area contributed by atoms with Crippen LogP contribution in [0.3, 0.4) is 0 Å². The van der Waals surface area contributed by atoms with Crippen molar-refractivity contribution in [1.29, 1.82) is 0 Å². The number of ketones is 1. The molecule has 8 heteroatoms. The van der Waals surface area contributed by atoms with Gasteiger partial charge in [-0.3, -0.25) is 15.0 Å². The van der Waals surface area contributed by atoms with E-state index in [-0.39, 0.29) is 39.9 Å². The van der Waals surface area contributed by atoms with E-state index in [1.54, 1.807) is 6.07 Å². The van der Waals surface area contributed by atoms with Crippen LogP contribution in [0.1, 0.15) is 16.1 Å². The lowest BCUT2D eigenvalue weighted by molar-refractivity contribution is -0.115. The van der Waals surface area contributed by atoms with Crippen molar-refractivity contribution >= 4 is 40.3 Å². The Morgan fingerprint density at radius 1 is 1.24 bits per heavy atom. The maximum atomic E-state index is 13.6. The fourth-order valence-corrected chi connectivity index (χ4v) is 1.85. The number of nitrogens with two attached hydrogens (primary N) is 1. The zero-order chi connectivity index (χ0) is 14.7. The largest absolute Gasteiger partial charge is 0.322 e. The predicted octanol–water partition coefficient (Wildman–Crippen LogP) is 2.12. The van der Waals surface area contributed by atoms with Crippen LogP contribution in [0.15, 0.2) is 36.4 Å². The molecule has 2 aromatic rings. The summed E-state index contributed by atoms with van der Waals surface area (Å²) in [5.41, 5.74) is 7.48. The molecular formula is C13H12BrClFN3O2. The molecule has 0 bridgehead atoms. The second-order valence-electron chi connectivity index (χ2n) is 3.92. The third-order valence-electron chi connectivity index (χ3n) is 2.61. The molecule has 21 heavy (non-hydrogen) atoms. The molecule has 1 aromatic heterocycles. The summed E-state index contributed by atoms with van der Waals surface area (Å²) in [5.74, 6) is -1.76. The van der Waals surface area contributed by atoms with Gasteiger partial charge in [-0.15, -0.1) is 17.0 Å². The zero-order valence-corrected chi connectivity index (χ0v) is 13.1. The van der Waals surface area contributed by atoms with Crippen molar-refractivity contribution in [2.24, 2.45) is 5.73 Å². The summed E-state index contributed by atoms with van der Waals surface area (Å²) in [7, 11) is 0. The SMILES string of the molecule is Br.NCC(=O)Nn1c(Cl)ccc1C(=O)c1ccccc1F. The summed E-state index contributed by atoms with van der Waals surface area (Å²) in [5, 5.41) is 0.117. The Kier molecular flexibility index (Phi) is 6.07. The summed E-state index contributed by atoms with van der Waals surface area (Å²) in [4.78, 5) is 23.6. The van der Waals surface area contributed by atoms with Gasteiger partial charge in [-0.05, 0) is 24.3 Å². The third kappa shape index (κ3) is 3.69. The number of halogens is 3. The maximum Gasteiger partial charge on any atom is 0.252 e. The first-order chi connectivity index (χ1) is 9.54. The Balaban J connectivity index is 0.00000220. The Morgan fingerprint density at radius 3 is 2.52 bits per heavy atom. The Morgan fingerprint density at radius 2 is 1.90 bits per heavy atom. The molecule has 0 radical (unpaired) electrons. The van der Waals surface area contributed by atoms with Crippen LogP contribution in [-0.4, -0.2) is 22.9 Å². The number of carbonyl (C=O) groups excluding carboxylic acids is 2. The molecule has 1 amide bonds. The van der Waals surface area contributed by atoms with Crippen molar-refractivity contribution in [3.8, 4) is 0 Å². The van der Waals surface area contributed by atoms with Gasteiger partial charge in [-0.2, -0.15) is 0 Å². The van der Waals surface area contributed by atoms with Crippen molar-refractivity contribution in [2.75, 3.05) is 12.0 Å². The van der Waals surface area contributed by atoms with Gasteiger partial charge in [-0.25, -0.2) is 9.07 Å². The number of benzene rings is 1. The summed E-state index contributed by atoms with van der Waals surface area (Å²) < 4.78 is 14.7. The number of amides is 1. The van der Waals surface area contributed by atoms with Crippen LogP contribution in [0.2, 0.25) is 5.15 Å². The first kappa shape index (κ1) is 17.4. The van der Waals surface area contributed by atoms with E-state index in [0.29, 0.717) is 0 Å². The monoisotopic (exact) mass is 375 g/mol. The fourth-order valence-electron chi connectivity index (χ4n) is 1.66. The van der Waals surface area contributed by atoms with E-state index >= 15 is 0 Å². The summed E-state index contributed by atoms with van der Waals surface area (Å²) in [6, 6.07) is 8.38. The van der Waals surface area contributed by atoms with E-state index in [2.05, 4.69) is 5.43 Å². The van der Waals surface area contributed by atoms with Crippen molar-refractivity contribution in [3.05, 3.63) is 58.6 Å². The first-order valence-corrected chi connectivity index (χ1v) is 6.08. The molecule has 2 rings (SSSR count). The first-order valence-electron chi connectivity index (χ1n) is 5.71. The molecule has 1 aromatic carbocycles. The molecule has 0 aliphatic heterocycles. The van der Waals surface area contributed by atoms with Gasteiger partial charge < -0.3 is 5.73 Å². The zero-order valence-electron chi connectivity index (χ0n) is 10.7. The molecule has 0 spiro atoms. The van der Waals surface area contributed by atoms with Crippen LogP contribution in [0.5, 0.6) is 0 Å². The second kappa shape index (κ2) is 7.35. The fraction of sp³-hybridized carbons (Fsp3) is 0.0769. The number of rotatable bonds is 4. The van der Waals surface area contributed by atoms with E-state index in [4.69, 9.17) is 17.3 Å². The molecule has 0 fully saturated rings. The highest BCUT2D eigenvalue weighted by Crippen LogP contribution is 2.18. The molecular weight excluding hydrogens is 365 g/mol. The summed E-state index contributed by atoms with van der Waals surface area (Å²) in [6.45, 7) is -0.262. The molecule has 0 aliphatic carbocycles. The van der Waals surface area contributed by atoms with Gasteiger partial charge in [0.05, 0.1) is 12.1 Å². The van der Waals surface area contributed by atoms with E-state index < -0.39 is 17.5 Å².